The maximum absolute atomic E-state index is 12.8. The van der Waals surface area contributed by atoms with E-state index in [4.69, 9.17) is 0 Å². The highest BCUT2D eigenvalue weighted by Crippen LogP contribution is 2.29. The molecule has 0 radical (unpaired) electrons. The first-order valence-electron chi connectivity index (χ1n) is 10.8. The number of nitrogens with zero attached hydrogens (tertiary/aromatic N) is 2. The smallest absolute Gasteiger partial charge is 0.243 e. The standard InChI is InChI=1S/C24H27N3O3S2/c1-17-6-8-19(9-7-17)24-22(31-18(2)25-24)16-23(28)26-20-10-12-21(13-11-20)32(29,30)27-14-4-3-5-15-27/h6-13H,3-5,14-16H2,1-2H3,(H,26,28). The lowest BCUT2D eigenvalue weighted by Gasteiger charge is -2.25. The van der Waals surface area contributed by atoms with Gasteiger partial charge in [0.2, 0.25) is 15.9 Å². The zero-order valence-electron chi connectivity index (χ0n) is 18.3. The van der Waals surface area contributed by atoms with Crippen LogP contribution >= 0.6 is 11.3 Å². The molecule has 1 N–H and O–H groups in total. The van der Waals surface area contributed by atoms with E-state index in [1.807, 2.05) is 38.1 Å². The van der Waals surface area contributed by atoms with Gasteiger partial charge < -0.3 is 5.32 Å². The van der Waals surface area contributed by atoms with Crippen LogP contribution in [0.5, 0.6) is 0 Å². The Morgan fingerprint density at radius 1 is 1.00 bits per heavy atom. The molecule has 1 amide bonds. The quantitative estimate of drug-likeness (QED) is 0.563. The van der Waals surface area contributed by atoms with Gasteiger partial charge in [-0.25, -0.2) is 13.4 Å². The minimum absolute atomic E-state index is 0.159. The molecule has 0 bridgehead atoms. The molecular weight excluding hydrogens is 442 g/mol. The van der Waals surface area contributed by atoms with Gasteiger partial charge in [-0.1, -0.05) is 36.2 Å². The molecule has 6 nitrogen and oxygen atoms in total. The Labute approximate surface area is 193 Å². The summed E-state index contributed by atoms with van der Waals surface area (Å²) >= 11 is 1.52. The summed E-state index contributed by atoms with van der Waals surface area (Å²) < 4.78 is 27.1. The highest BCUT2D eigenvalue weighted by Gasteiger charge is 2.25. The van der Waals surface area contributed by atoms with Crippen molar-refractivity contribution >= 4 is 33.0 Å². The molecule has 0 unspecified atom stereocenters. The Bertz CT molecular complexity index is 1190. The van der Waals surface area contributed by atoms with Crippen LogP contribution in [0.2, 0.25) is 0 Å². The Morgan fingerprint density at radius 3 is 2.31 bits per heavy atom. The third kappa shape index (κ3) is 5.09. The van der Waals surface area contributed by atoms with Gasteiger partial charge in [0.05, 0.1) is 22.0 Å². The second-order valence-electron chi connectivity index (χ2n) is 8.08. The van der Waals surface area contributed by atoms with Crippen LogP contribution in [0.3, 0.4) is 0 Å². The van der Waals surface area contributed by atoms with E-state index >= 15 is 0 Å². The molecule has 2 aromatic carbocycles. The molecule has 1 fully saturated rings. The minimum atomic E-state index is -3.48. The third-order valence-electron chi connectivity index (χ3n) is 5.54. The number of hydrogen-bond acceptors (Lipinski definition) is 5. The summed E-state index contributed by atoms with van der Waals surface area (Å²) in [6.45, 7) is 5.11. The predicted octanol–water partition coefficient (Wildman–Crippen LogP) is 4.78. The normalized spacial score (nSPS) is 14.9. The van der Waals surface area contributed by atoms with Crippen LogP contribution in [0, 0.1) is 13.8 Å². The summed E-state index contributed by atoms with van der Waals surface area (Å²) in [6, 6.07) is 14.5. The molecule has 0 saturated carbocycles. The summed E-state index contributed by atoms with van der Waals surface area (Å²) in [5.41, 5.74) is 3.58. The van der Waals surface area contributed by atoms with Gasteiger partial charge in [-0.3, -0.25) is 4.79 Å². The Morgan fingerprint density at radius 2 is 1.66 bits per heavy atom. The van der Waals surface area contributed by atoms with Crippen molar-refractivity contribution in [1.29, 1.82) is 0 Å². The largest absolute Gasteiger partial charge is 0.326 e. The van der Waals surface area contributed by atoms with Crippen LogP contribution in [0.1, 0.15) is 34.7 Å². The lowest BCUT2D eigenvalue weighted by Crippen LogP contribution is -2.35. The van der Waals surface area contributed by atoms with Gasteiger partial charge >= 0.3 is 0 Å². The van der Waals surface area contributed by atoms with Crippen molar-refractivity contribution in [2.24, 2.45) is 0 Å². The van der Waals surface area contributed by atoms with Gasteiger partial charge in [0, 0.05) is 29.2 Å². The van der Waals surface area contributed by atoms with E-state index in [2.05, 4.69) is 10.3 Å². The average molecular weight is 470 g/mol. The number of anilines is 1. The first kappa shape index (κ1) is 22.6. The zero-order valence-corrected chi connectivity index (χ0v) is 19.9. The first-order chi connectivity index (χ1) is 15.3. The van der Waals surface area contributed by atoms with Gasteiger partial charge in [-0.05, 0) is 51.0 Å². The first-order valence-corrected chi connectivity index (χ1v) is 13.0. The van der Waals surface area contributed by atoms with E-state index in [1.54, 1.807) is 28.6 Å². The number of carbonyl (C=O) groups excluding carboxylic acids is 1. The number of aromatic nitrogens is 1. The van der Waals surface area contributed by atoms with Crippen molar-refractivity contribution in [1.82, 2.24) is 9.29 Å². The topological polar surface area (TPSA) is 79.4 Å². The number of thiazole rings is 1. The summed E-state index contributed by atoms with van der Waals surface area (Å²) in [4.78, 5) is 18.5. The fraction of sp³-hybridized carbons (Fsp3) is 0.333. The van der Waals surface area contributed by atoms with E-state index in [-0.39, 0.29) is 17.2 Å². The van der Waals surface area contributed by atoms with Crippen molar-refractivity contribution in [2.75, 3.05) is 18.4 Å². The summed E-state index contributed by atoms with van der Waals surface area (Å²) in [6.07, 6.45) is 3.08. The second kappa shape index (κ2) is 9.52. The Hall–Kier alpha value is -2.55. The van der Waals surface area contributed by atoms with Gasteiger partial charge in [0.15, 0.2) is 0 Å². The number of amides is 1. The molecule has 4 rings (SSSR count). The number of carbonyl (C=O) groups is 1. The maximum Gasteiger partial charge on any atom is 0.243 e. The molecule has 1 aliphatic heterocycles. The molecule has 1 aromatic heterocycles. The Balaban J connectivity index is 1.44. The van der Waals surface area contributed by atoms with Crippen LogP contribution in [0.4, 0.5) is 5.69 Å². The van der Waals surface area contributed by atoms with Gasteiger partial charge in [0.25, 0.3) is 0 Å². The summed E-state index contributed by atoms with van der Waals surface area (Å²) in [5, 5.41) is 3.79. The number of sulfonamides is 1. The molecule has 0 aliphatic carbocycles. The summed E-state index contributed by atoms with van der Waals surface area (Å²) in [7, 11) is -3.48. The molecule has 2 heterocycles. The molecular formula is C24H27N3O3S2. The van der Waals surface area contributed by atoms with Crippen molar-refractivity contribution in [3.63, 3.8) is 0 Å². The zero-order chi connectivity index (χ0) is 22.7. The second-order valence-corrected chi connectivity index (χ2v) is 11.3. The molecule has 0 spiro atoms. The minimum Gasteiger partial charge on any atom is -0.326 e. The highest BCUT2D eigenvalue weighted by molar-refractivity contribution is 7.89. The maximum atomic E-state index is 12.8. The lowest BCUT2D eigenvalue weighted by atomic mass is 10.1. The fourth-order valence-corrected chi connectivity index (χ4v) is 6.32. The Kier molecular flexibility index (Phi) is 6.74. The average Bonchev–Trinajstić information content (AvgIpc) is 3.15. The number of nitrogens with one attached hydrogen (secondary N) is 1. The number of piperidine rings is 1. The molecule has 168 valence electrons. The molecule has 8 heteroatoms. The van der Waals surface area contributed by atoms with Crippen LogP contribution < -0.4 is 5.32 Å². The van der Waals surface area contributed by atoms with E-state index < -0.39 is 10.0 Å². The van der Waals surface area contributed by atoms with Crippen LogP contribution in [-0.2, 0) is 21.2 Å². The van der Waals surface area contributed by atoms with Crippen molar-refractivity contribution < 1.29 is 13.2 Å². The molecule has 1 saturated heterocycles. The number of aryl methyl sites for hydroxylation is 2. The van der Waals surface area contributed by atoms with Crippen LogP contribution in [-0.4, -0.2) is 36.7 Å². The fourth-order valence-electron chi connectivity index (χ4n) is 3.84. The van der Waals surface area contributed by atoms with Crippen LogP contribution in [0.25, 0.3) is 11.3 Å². The molecule has 32 heavy (non-hydrogen) atoms. The van der Waals surface area contributed by atoms with Crippen molar-refractivity contribution in [3.05, 3.63) is 64.0 Å². The molecule has 0 atom stereocenters. The number of rotatable bonds is 6. The lowest BCUT2D eigenvalue weighted by molar-refractivity contribution is -0.115. The number of hydrogen-bond donors (Lipinski definition) is 1. The van der Waals surface area contributed by atoms with Crippen LogP contribution in [0.15, 0.2) is 53.4 Å². The number of benzene rings is 2. The monoisotopic (exact) mass is 469 g/mol. The van der Waals surface area contributed by atoms with E-state index in [0.717, 1.165) is 40.4 Å². The van der Waals surface area contributed by atoms with Gasteiger partial charge in [-0.15, -0.1) is 11.3 Å². The van der Waals surface area contributed by atoms with Crippen molar-refractivity contribution in [3.8, 4) is 11.3 Å². The third-order valence-corrected chi connectivity index (χ3v) is 8.42. The summed E-state index contributed by atoms with van der Waals surface area (Å²) in [5.74, 6) is -0.159. The SMILES string of the molecule is Cc1ccc(-c2nc(C)sc2CC(=O)Nc2ccc(S(=O)(=O)N3CCCCC3)cc2)cc1. The van der Waals surface area contributed by atoms with E-state index in [1.165, 1.54) is 16.9 Å². The highest BCUT2D eigenvalue weighted by atomic mass is 32.2. The van der Waals surface area contributed by atoms with E-state index in [0.29, 0.717) is 18.8 Å². The molecule has 3 aromatic rings. The van der Waals surface area contributed by atoms with Gasteiger partial charge in [0.1, 0.15) is 0 Å². The van der Waals surface area contributed by atoms with Crippen molar-refractivity contribution in [2.45, 2.75) is 44.4 Å². The predicted molar refractivity (Wildman–Crippen MR) is 128 cm³/mol. The molecule has 1 aliphatic rings. The van der Waals surface area contributed by atoms with Gasteiger partial charge in [-0.2, -0.15) is 4.31 Å². The van der Waals surface area contributed by atoms with E-state index in [9.17, 15) is 13.2 Å².